The topological polar surface area (TPSA) is 52.0 Å². The first-order valence-electron chi connectivity index (χ1n) is 5.99. The zero-order chi connectivity index (χ0) is 12.3. The van der Waals surface area contributed by atoms with Crippen molar-refractivity contribution < 1.29 is 4.52 Å². The fourth-order valence-electron chi connectivity index (χ4n) is 1.94. The maximum absolute atomic E-state index is 5.74. The van der Waals surface area contributed by atoms with E-state index < -0.39 is 0 Å². The van der Waals surface area contributed by atoms with Gasteiger partial charge in [0.1, 0.15) is 5.76 Å². The molecule has 0 amide bonds. The van der Waals surface area contributed by atoms with Gasteiger partial charge in [-0.05, 0) is 25.3 Å². The lowest BCUT2D eigenvalue weighted by atomic mass is 10.0. The molecule has 3 nitrogen and oxygen atoms in total. The molecule has 0 fully saturated rings. The molecule has 2 aromatic rings. The van der Waals surface area contributed by atoms with E-state index >= 15 is 0 Å². The van der Waals surface area contributed by atoms with E-state index in [9.17, 15) is 0 Å². The van der Waals surface area contributed by atoms with E-state index in [0.717, 1.165) is 30.6 Å². The number of nitrogen functional groups attached to an aromatic ring is 1. The highest BCUT2D eigenvalue weighted by Gasteiger charge is 2.11. The van der Waals surface area contributed by atoms with Crippen molar-refractivity contribution in [3.05, 3.63) is 46.7 Å². The largest absolute Gasteiger partial charge is 0.381 e. The Morgan fingerprint density at radius 1 is 1.18 bits per heavy atom. The van der Waals surface area contributed by atoms with Crippen molar-refractivity contribution in [3.8, 4) is 0 Å². The predicted molar refractivity (Wildman–Crippen MR) is 68.9 cm³/mol. The second-order valence-corrected chi connectivity index (χ2v) is 4.31. The highest BCUT2D eigenvalue weighted by molar-refractivity contribution is 5.40. The summed E-state index contributed by atoms with van der Waals surface area (Å²) in [5, 5.41) is 3.82. The average Bonchev–Trinajstić information content (AvgIpc) is 2.69. The first-order chi connectivity index (χ1) is 8.20. The molecule has 0 unspecified atom stereocenters. The van der Waals surface area contributed by atoms with Crippen LogP contribution < -0.4 is 5.73 Å². The molecule has 1 aromatic heterocycles. The molecule has 0 saturated heterocycles. The Balaban J connectivity index is 2.04. The van der Waals surface area contributed by atoms with Gasteiger partial charge in [0.15, 0.2) is 5.82 Å². The zero-order valence-electron chi connectivity index (χ0n) is 10.4. The fraction of sp³-hybridized carbons (Fsp3) is 0.357. The van der Waals surface area contributed by atoms with Crippen LogP contribution in [0, 0.1) is 6.92 Å². The summed E-state index contributed by atoms with van der Waals surface area (Å²) >= 11 is 0. The second kappa shape index (κ2) is 5.04. The summed E-state index contributed by atoms with van der Waals surface area (Å²) in [5.74, 6) is 1.46. The van der Waals surface area contributed by atoms with E-state index in [1.807, 2.05) is 0 Å². The van der Waals surface area contributed by atoms with Gasteiger partial charge in [0.2, 0.25) is 0 Å². The maximum Gasteiger partial charge on any atom is 0.170 e. The number of hydrogen-bond donors (Lipinski definition) is 1. The minimum absolute atomic E-state index is 0.534. The van der Waals surface area contributed by atoms with Crippen molar-refractivity contribution in [1.29, 1.82) is 0 Å². The van der Waals surface area contributed by atoms with Crippen LogP contribution in [0.4, 0.5) is 5.82 Å². The minimum atomic E-state index is 0.534. The van der Waals surface area contributed by atoms with Crippen LogP contribution in [0.5, 0.6) is 0 Å². The van der Waals surface area contributed by atoms with E-state index in [4.69, 9.17) is 10.3 Å². The van der Waals surface area contributed by atoms with Gasteiger partial charge in [-0.2, -0.15) is 0 Å². The van der Waals surface area contributed by atoms with Crippen molar-refractivity contribution in [3.63, 3.8) is 0 Å². The molecule has 17 heavy (non-hydrogen) atoms. The molecule has 2 rings (SSSR count). The Hall–Kier alpha value is -1.77. The third-order valence-electron chi connectivity index (χ3n) is 3.01. The molecule has 0 radical (unpaired) electrons. The first kappa shape index (κ1) is 11.7. The van der Waals surface area contributed by atoms with Crippen LogP contribution in [0.3, 0.4) is 0 Å². The highest BCUT2D eigenvalue weighted by Crippen LogP contribution is 2.18. The smallest absolute Gasteiger partial charge is 0.170 e. The van der Waals surface area contributed by atoms with Crippen molar-refractivity contribution in [1.82, 2.24) is 5.16 Å². The number of hydrogen-bond acceptors (Lipinski definition) is 3. The monoisotopic (exact) mass is 230 g/mol. The number of nitrogens with zero attached hydrogens (tertiary/aromatic N) is 1. The summed E-state index contributed by atoms with van der Waals surface area (Å²) in [6.07, 6.45) is 2.69. The zero-order valence-corrected chi connectivity index (χ0v) is 10.4. The molecule has 0 aliphatic carbocycles. The SMILES string of the molecule is CCc1c(N)noc1CCc1ccc(C)cc1. The molecule has 90 valence electrons. The van der Waals surface area contributed by atoms with Gasteiger partial charge >= 0.3 is 0 Å². The lowest BCUT2D eigenvalue weighted by molar-refractivity contribution is 0.384. The van der Waals surface area contributed by atoms with Gasteiger partial charge in [-0.1, -0.05) is 41.9 Å². The lowest BCUT2D eigenvalue weighted by Gasteiger charge is -2.01. The Morgan fingerprint density at radius 2 is 1.88 bits per heavy atom. The summed E-state index contributed by atoms with van der Waals surface area (Å²) in [4.78, 5) is 0. The van der Waals surface area contributed by atoms with Gasteiger partial charge in [-0.3, -0.25) is 0 Å². The van der Waals surface area contributed by atoms with Crippen LogP contribution in [-0.4, -0.2) is 5.16 Å². The molecule has 0 saturated carbocycles. The normalized spacial score (nSPS) is 10.7. The van der Waals surface area contributed by atoms with E-state index in [0.29, 0.717) is 5.82 Å². The van der Waals surface area contributed by atoms with Gasteiger partial charge in [0, 0.05) is 12.0 Å². The molecular formula is C14H18N2O. The van der Waals surface area contributed by atoms with Crippen molar-refractivity contribution in [2.75, 3.05) is 5.73 Å². The van der Waals surface area contributed by atoms with Gasteiger partial charge < -0.3 is 10.3 Å². The highest BCUT2D eigenvalue weighted by atomic mass is 16.5. The van der Waals surface area contributed by atoms with Gasteiger partial charge in [0.05, 0.1) is 0 Å². The number of rotatable bonds is 4. The standard InChI is InChI=1S/C14H18N2O/c1-3-12-13(17-16-14(12)15)9-8-11-6-4-10(2)5-7-11/h4-7H,3,8-9H2,1-2H3,(H2,15,16). The summed E-state index contributed by atoms with van der Waals surface area (Å²) < 4.78 is 5.26. The van der Waals surface area contributed by atoms with E-state index in [2.05, 4.69) is 43.3 Å². The molecular weight excluding hydrogens is 212 g/mol. The summed E-state index contributed by atoms with van der Waals surface area (Å²) in [6.45, 7) is 4.16. The quantitative estimate of drug-likeness (QED) is 0.878. The Labute approximate surface area is 102 Å². The van der Waals surface area contributed by atoms with Gasteiger partial charge in [-0.15, -0.1) is 0 Å². The average molecular weight is 230 g/mol. The molecule has 1 heterocycles. The molecule has 0 bridgehead atoms. The number of benzene rings is 1. The van der Waals surface area contributed by atoms with E-state index in [-0.39, 0.29) is 0 Å². The molecule has 0 spiro atoms. The van der Waals surface area contributed by atoms with Gasteiger partial charge in [0.25, 0.3) is 0 Å². The minimum Gasteiger partial charge on any atom is -0.381 e. The third kappa shape index (κ3) is 2.67. The Bertz CT molecular complexity index is 485. The Kier molecular flexibility index (Phi) is 3.47. The summed E-state index contributed by atoms with van der Waals surface area (Å²) in [5.41, 5.74) is 9.39. The second-order valence-electron chi connectivity index (χ2n) is 4.31. The molecule has 0 atom stereocenters. The molecule has 3 heteroatoms. The van der Waals surface area contributed by atoms with Crippen LogP contribution >= 0.6 is 0 Å². The van der Waals surface area contributed by atoms with E-state index in [1.54, 1.807) is 0 Å². The fourth-order valence-corrected chi connectivity index (χ4v) is 1.94. The van der Waals surface area contributed by atoms with Crippen LogP contribution in [0.2, 0.25) is 0 Å². The molecule has 0 aliphatic heterocycles. The number of anilines is 1. The number of nitrogens with two attached hydrogens (primary N) is 1. The van der Waals surface area contributed by atoms with Crippen molar-refractivity contribution >= 4 is 5.82 Å². The van der Waals surface area contributed by atoms with Crippen molar-refractivity contribution in [2.24, 2.45) is 0 Å². The third-order valence-corrected chi connectivity index (χ3v) is 3.01. The van der Waals surface area contributed by atoms with Crippen LogP contribution in [-0.2, 0) is 19.3 Å². The van der Waals surface area contributed by atoms with Crippen LogP contribution in [0.15, 0.2) is 28.8 Å². The first-order valence-corrected chi connectivity index (χ1v) is 5.99. The lowest BCUT2D eigenvalue weighted by Crippen LogP contribution is -1.96. The molecule has 0 aliphatic rings. The van der Waals surface area contributed by atoms with Crippen LogP contribution in [0.25, 0.3) is 0 Å². The maximum atomic E-state index is 5.74. The number of aromatic nitrogens is 1. The molecule has 2 N–H and O–H groups in total. The number of aryl methyl sites for hydroxylation is 3. The van der Waals surface area contributed by atoms with Crippen LogP contribution in [0.1, 0.15) is 29.4 Å². The van der Waals surface area contributed by atoms with Gasteiger partial charge in [-0.25, -0.2) is 0 Å². The Morgan fingerprint density at radius 3 is 2.53 bits per heavy atom. The summed E-state index contributed by atoms with van der Waals surface area (Å²) in [6, 6.07) is 8.57. The molecule has 1 aromatic carbocycles. The van der Waals surface area contributed by atoms with E-state index in [1.165, 1.54) is 11.1 Å². The summed E-state index contributed by atoms with van der Waals surface area (Å²) in [7, 11) is 0. The predicted octanol–water partition coefficient (Wildman–Crippen LogP) is 2.91. The van der Waals surface area contributed by atoms with Crippen molar-refractivity contribution in [2.45, 2.75) is 33.1 Å².